The average molecular weight is 419 g/mol. The van der Waals surface area contributed by atoms with Gasteiger partial charge in [0.15, 0.2) is 0 Å². The van der Waals surface area contributed by atoms with Gasteiger partial charge in [-0.1, -0.05) is 18.2 Å². The lowest BCUT2D eigenvalue weighted by molar-refractivity contribution is -0.119. The molecule has 0 spiro atoms. The molecule has 2 rings (SSSR count). The number of hydrogen-bond acceptors (Lipinski definition) is 3. The van der Waals surface area contributed by atoms with Crippen LogP contribution in [0.4, 0.5) is 0 Å². The summed E-state index contributed by atoms with van der Waals surface area (Å²) in [4.78, 5) is 23.9. The molecule has 0 fully saturated rings. The first-order valence-electron chi connectivity index (χ1n) is 6.85. The minimum atomic E-state index is -0.797. The number of amides is 2. The van der Waals surface area contributed by atoms with Crippen LogP contribution < -0.4 is 11.1 Å². The number of rotatable bonds is 5. The number of hydrogen-bond donors (Lipinski definition) is 2. The van der Waals surface area contributed by atoms with Gasteiger partial charge in [-0.25, -0.2) is 0 Å². The number of nitrogens with two attached hydrogens (primary N) is 1. The Morgan fingerprint density at radius 2 is 1.83 bits per heavy atom. The van der Waals surface area contributed by atoms with Gasteiger partial charge >= 0.3 is 0 Å². The van der Waals surface area contributed by atoms with Crippen LogP contribution in [0.5, 0.6) is 0 Å². The van der Waals surface area contributed by atoms with E-state index in [-0.39, 0.29) is 0 Å². The minimum Gasteiger partial charge on any atom is -0.368 e. The number of carbonyl (C=O) groups excluding carboxylic acids is 2. The number of nitrogens with one attached hydrogen (secondary N) is 1. The molecule has 2 amide bonds. The maximum absolute atomic E-state index is 12.2. The molecule has 6 heteroatoms. The maximum Gasteiger partial charge on any atom is 0.251 e. The molecule has 0 aliphatic heterocycles. The van der Waals surface area contributed by atoms with Crippen molar-refractivity contribution in [3.63, 3.8) is 0 Å². The summed E-state index contributed by atoms with van der Waals surface area (Å²) in [5, 5.41) is 11.4. The molecule has 0 aromatic heterocycles. The van der Waals surface area contributed by atoms with E-state index in [2.05, 4.69) is 27.9 Å². The van der Waals surface area contributed by atoms with Crippen molar-refractivity contribution in [3.05, 3.63) is 68.8 Å². The van der Waals surface area contributed by atoms with Crippen molar-refractivity contribution in [2.24, 2.45) is 5.73 Å². The van der Waals surface area contributed by atoms with Gasteiger partial charge < -0.3 is 11.1 Å². The van der Waals surface area contributed by atoms with Crippen LogP contribution in [0.1, 0.15) is 21.5 Å². The Balaban J connectivity index is 2.13. The van der Waals surface area contributed by atoms with Gasteiger partial charge in [-0.15, -0.1) is 0 Å². The molecule has 0 radical (unpaired) electrons. The van der Waals surface area contributed by atoms with E-state index in [1.807, 2.05) is 30.3 Å². The molecule has 5 nitrogen and oxygen atoms in total. The highest BCUT2D eigenvalue weighted by atomic mass is 127. The van der Waals surface area contributed by atoms with Gasteiger partial charge in [0.2, 0.25) is 5.91 Å². The van der Waals surface area contributed by atoms with Crippen molar-refractivity contribution in [2.45, 2.75) is 12.5 Å². The molecular weight excluding hydrogens is 405 g/mol. The van der Waals surface area contributed by atoms with Crippen LogP contribution in [0.15, 0.2) is 48.5 Å². The standard InChI is InChI=1S/C17H14IN3O2/c18-14-4-2-1-3-13(14)9-15(16(20)22)21-17(23)12-7-5-11(10-19)6-8-12/h1-8,15H,9H2,(H2,20,22)(H,21,23)/t15-/m0/s1. The highest BCUT2D eigenvalue weighted by Gasteiger charge is 2.20. The summed E-state index contributed by atoms with van der Waals surface area (Å²) in [6.45, 7) is 0. The Kier molecular flexibility index (Phi) is 5.71. The Morgan fingerprint density at radius 3 is 2.39 bits per heavy atom. The van der Waals surface area contributed by atoms with Gasteiger partial charge in [0, 0.05) is 15.6 Å². The number of benzene rings is 2. The van der Waals surface area contributed by atoms with Gasteiger partial charge in [-0.2, -0.15) is 5.26 Å². The predicted molar refractivity (Wildman–Crippen MR) is 94.5 cm³/mol. The van der Waals surface area contributed by atoms with E-state index in [1.54, 1.807) is 12.1 Å². The summed E-state index contributed by atoms with van der Waals surface area (Å²) in [5.74, 6) is -0.990. The number of nitriles is 1. The Hall–Kier alpha value is -2.40. The van der Waals surface area contributed by atoms with Crippen LogP contribution in [0.3, 0.4) is 0 Å². The first kappa shape index (κ1) is 17.0. The fraction of sp³-hybridized carbons (Fsp3) is 0.118. The molecule has 0 heterocycles. The van der Waals surface area contributed by atoms with Crippen LogP contribution in [-0.2, 0) is 11.2 Å². The molecule has 3 N–H and O–H groups in total. The predicted octanol–water partition coefficient (Wildman–Crippen LogP) is 1.99. The van der Waals surface area contributed by atoms with Crippen molar-refractivity contribution in [2.75, 3.05) is 0 Å². The van der Waals surface area contributed by atoms with Crippen LogP contribution in [0, 0.1) is 14.9 Å². The second kappa shape index (κ2) is 7.74. The molecule has 0 aliphatic rings. The molecular formula is C17H14IN3O2. The molecule has 1 atom stereocenters. The Labute approximate surface area is 147 Å². The second-order valence-electron chi connectivity index (χ2n) is 4.91. The summed E-state index contributed by atoms with van der Waals surface area (Å²) in [6.07, 6.45) is 0.330. The number of primary amides is 1. The Morgan fingerprint density at radius 1 is 1.17 bits per heavy atom. The summed E-state index contributed by atoms with van der Waals surface area (Å²) in [7, 11) is 0. The van der Waals surface area contributed by atoms with E-state index >= 15 is 0 Å². The van der Waals surface area contributed by atoms with Crippen molar-refractivity contribution in [1.29, 1.82) is 5.26 Å². The lowest BCUT2D eigenvalue weighted by atomic mass is 10.0. The third-order valence-electron chi connectivity index (χ3n) is 3.31. The number of nitrogens with zero attached hydrogens (tertiary/aromatic N) is 1. The zero-order valence-corrected chi connectivity index (χ0v) is 14.3. The molecule has 0 aliphatic carbocycles. The van der Waals surface area contributed by atoms with Crippen LogP contribution in [0.25, 0.3) is 0 Å². The van der Waals surface area contributed by atoms with E-state index in [9.17, 15) is 9.59 Å². The highest BCUT2D eigenvalue weighted by molar-refractivity contribution is 14.1. The molecule has 0 unspecified atom stereocenters. The lowest BCUT2D eigenvalue weighted by Crippen LogP contribution is -2.46. The Bertz CT molecular complexity index is 766. The molecule has 2 aromatic carbocycles. The summed E-state index contributed by atoms with van der Waals surface area (Å²) >= 11 is 2.17. The average Bonchev–Trinajstić information content (AvgIpc) is 2.56. The molecule has 116 valence electrons. The van der Waals surface area contributed by atoms with Crippen molar-refractivity contribution in [3.8, 4) is 6.07 Å². The number of carbonyl (C=O) groups is 2. The van der Waals surface area contributed by atoms with Crippen molar-refractivity contribution < 1.29 is 9.59 Å². The maximum atomic E-state index is 12.2. The topological polar surface area (TPSA) is 96.0 Å². The smallest absolute Gasteiger partial charge is 0.251 e. The largest absolute Gasteiger partial charge is 0.368 e. The van der Waals surface area contributed by atoms with E-state index in [0.29, 0.717) is 17.5 Å². The lowest BCUT2D eigenvalue weighted by Gasteiger charge is -2.16. The van der Waals surface area contributed by atoms with E-state index < -0.39 is 17.9 Å². The molecule has 23 heavy (non-hydrogen) atoms. The second-order valence-corrected chi connectivity index (χ2v) is 6.08. The number of halogens is 1. The highest BCUT2D eigenvalue weighted by Crippen LogP contribution is 2.14. The molecule has 0 saturated carbocycles. The van der Waals surface area contributed by atoms with E-state index in [1.165, 1.54) is 12.1 Å². The normalized spacial score (nSPS) is 11.3. The fourth-order valence-electron chi connectivity index (χ4n) is 2.04. The zero-order chi connectivity index (χ0) is 16.8. The molecule has 2 aromatic rings. The summed E-state index contributed by atoms with van der Waals surface area (Å²) in [5.41, 5.74) is 7.19. The van der Waals surface area contributed by atoms with E-state index in [4.69, 9.17) is 11.0 Å². The van der Waals surface area contributed by atoms with Crippen LogP contribution in [-0.4, -0.2) is 17.9 Å². The monoisotopic (exact) mass is 419 g/mol. The third kappa shape index (κ3) is 4.53. The quantitative estimate of drug-likeness (QED) is 0.726. The summed E-state index contributed by atoms with van der Waals surface area (Å²) in [6, 6.07) is 15.0. The first-order valence-corrected chi connectivity index (χ1v) is 7.93. The SMILES string of the molecule is N#Cc1ccc(C(=O)N[C@@H](Cc2ccccc2I)C(N)=O)cc1. The van der Waals surface area contributed by atoms with Gasteiger partial charge in [-0.3, -0.25) is 9.59 Å². The van der Waals surface area contributed by atoms with Gasteiger partial charge in [-0.05, 0) is 58.5 Å². The third-order valence-corrected chi connectivity index (χ3v) is 4.36. The summed E-state index contributed by atoms with van der Waals surface area (Å²) < 4.78 is 1.00. The van der Waals surface area contributed by atoms with Crippen molar-refractivity contribution >= 4 is 34.4 Å². The van der Waals surface area contributed by atoms with Gasteiger partial charge in [0.05, 0.1) is 11.6 Å². The van der Waals surface area contributed by atoms with E-state index in [0.717, 1.165) is 9.13 Å². The van der Waals surface area contributed by atoms with Gasteiger partial charge in [0.1, 0.15) is 6.04 Å². The molecule has 0 saturated heterocycles. The van der Waals surface area contributed by atoms with Crippen LogP contribution in [0.2, 0.25) is 0 Å². The fourth-order valence-corrected chi connectivity index (χ4v) is 2.65. The first-order chi connectivity index (χ1) is 11.0. The zero-order valence-electron chi connectivity index (χ0n) is 12.1. The minimum absolute atomic E-state index is 0.330. The molecule has 0 bridgehead atoms. The van der Waals surface area contributed by atoms with Gasteiger partial charge in [0.25, 0.3) is 5.91 Å². The van der Waals surface area contributed by atoms with Crippen LogP contribution >= 0.6 is 22.6 Å². The van der Waals surface area contributed by atoms with Crippen molar-refractivity contribution in [1.82, 2.24) is 5.32 Å².